The number of anilines is 3. The molecular formula is C20H20BrF3N6. The molecule has 0 spiro atoms. The number of likely N-dealkylation sites (N-methyl/N-ethyl adjacent to an activating group) is 1. The van der Waals surface area contributed by atoms with Crippen molar-refractivity contribution in [3.63, 3.8) is 0 Å². The first-order valence-electron chi connectivity index (χ1n) is 9.05. The predicted octanol–water partition coefficient (Wildman–Crippen LogP) is 5.04. The van der Waals surface area contributed by atoms with E-state index in [0.717, 1.165) is 12.6 Å². The van der Waals surface area contributed by atoms with Gasteiger partial charge in [-0.05, 0) is 44.4 Å². The van der Waals surface area contributed by atoms with Crippen LogP contribution in [-0.4, -0.2) is 47.0 Å². The highest BCUT2D eigenvalue weighted by atomic mass is 79.9. The molecule has 2 N–H and O–H groups in total. The fraction of sp³-hybridized carbons (Fsp3) is 0.250. The molecule has 0 aliphatic carbocycles. The van der Waals surface area contributed by atoms with Crippen LogP contribution in [-0.2, 0) is 6.18 Å². The van der Waals surface area contributed by atoms with Crippen molar-refractivity contribution < 1.29 is 13.2 Å². The Kier molecular flexibility index (Phi) is 6.88. The fourth-order valence-electron chi connectivity index (χ4n) is 2.60. The van der Waals surface area contributed by atoms with E-state index in [2.05, 4.69) is 41.5 Å². The van der Waals surface area contributed by atoms with Crippen LogP contribution in [0.25, 0.3) is 11.4 Å². The number of rotatable bonds is 7. The summed E-state index contributed by atoms with van der Waals surface area (Å²) in [6.45, 7) is 1.37. The average molecular weight is 481 g/mol. The molecule has 2 aromatic heterocycles. The van der Waals surface area contributed by atoms with Crippen LogP contribution in [0.4, 0.5) is 30.6 Å². The summed E-state index contributed by atoms with van der Waals surface area (Å²) in [6, 6.07) is 11.0. The molecule has 1 aromatic carbocycles. The molecular weight excluding hydrogens is 461 g/mol. The summed E-state index contributed by atoms with van der Waals surface area (Å²) in [5, 5.41) is 6.08. The summed E-state index contributed by atoms with van der Waals surface area (Å²) in [5.41, 5.74) is 0.672. The second-order valence-corrected chi connectivity index (χ2v) is 7.58. The zero-order chi connectivity index (χ0) is 21.7. The highest BCUT2D eigenvalue weighted by molar-refractivity contribution is 9.10. The molecule has 2 heterocycles. The van der Waals surface area contributed by atoms with Crippen molar-refractivity contribution in [1.29, 1.82) is 0 Å². The van der Waals surface area contributed by atoms with Gasteiger partial charge >= 0.3 is 6.18 Å². The average Bonchev–Trinajstić information content (AvgIpc) is 2.69. The number of nitrogens with zero attached hydrogens (tertiary/aromatic N) is 4. The maximum absolute atomic E-state index is 13.2. The highest BCUT2D eigenvalue weighted by Gasteiger charge is 2.33. The van der Waals surface area contributed by atoms with Gasteiger partial charge in [0.1, 0.15) is 5.82 Å². The minimum Gasteiger partial charge on any atom is -0.353 e. The molecule has 158 valence electrons. The molecule has 0 amide bonds. The maximum atomic E-state index is 13.2. The quantitative estimate of drug-likeness (QED) is 0.493. The molecule has 6 nitrogen and oxygen atoms in total. The van der Waals surface area contributed by atoms with Crippen LogP contribution in [0.5, 0.6) is 0 Å². The van der Waals surface area contributed by atoms with E-state index in [0.29, 0.717) is 29.7 Å². The van der Waals surface area contributed by atoms with E-state index >= 15 is 0 Å². The fourth-order valence-corrected chi connectivity index (χ4v) is 3.07. The molecule has 30 heavy (non-hydrogen) atoms. The Morgan fingerprint density at radius 2 is 1.83 bits per heavy atom. The van der Waals surface area contributed by atoms with Crippen molar-refractivity contribution in [3.8, 4) is 11.4 Å². The van der Waals surface area contributed by atoms with E-state index in [9.17, 15) is 13.2 Å². The molecule has 0 saturated heterocycles. The van der Waals surface area contributed by atoms with Crippen molar-refractivity contribution in [2.75, 3.05) is 37.8 Å². The lowest BCUT2D eigenvalue weighted by Crippen LogP contribution is -2.21. The predicted molar refractivity (Wildman–Crippen MR) is 115 cm³/mol. The highest BCUT2D eigenvalue weighted by Crippen LogP contribution is 2.37. The van der Waals surface area contributed by atoms with Gasteiger partial charge in [-0.2, -0.15) is 18.2 Å². The Labute approximate surface area is 180 Å². The van der Waals surface area contributed by atoms with E-state index in [-0.39, 0.29) is 10.2 Å². The molecule has 0 saturated carbocycles. The van der Waals surface area contributed by atoms with Crippen LogP contribution >= 0.6 is 15.9 Å². The van der Waals surface area contributed by atoms with E-state index < -0.39 is 11.7 Å². The zero-order valence-corrected chi connectivity index (χ0v) is 17.9. The van der Waals surface area contributed by atoms with Gasteiger partial charge in [0.25, 0.3) is 0 Å². The monoisotopic (exact) mass is 480 g/mol. The van der Waals surface area contributed by atoms with Crippen LogP contribution in [0, 0.1) is 0 Å². The van der Waals surface area contributed by atoms with E-state index in [1.165, 1.54) is 6.07 Å². The standard InChI is InChI=1S/C20H20BrF3N6/c1-30(2)10-9-26-19-28-17(16-5-3-4-8-25-16)12-18(29-19)27-13-6-7-15(21)14(11-13)20(22,23)24/h3-8,11-12H,9-10H2,1-2H3,(H2,26,27,28,29). The first kappa shape index (κ1) is 22.0. The number of pyridine rings is 1. The Balaban J connectivity index is 1.93. The van der Waals surface area contributed by atoms with E-state index in [4.69, 9.17) is 0 Å². The Hall–Kier alpha value is -2.72. The molecule has 0 unspecified atom stereocenters. The second-order valence-electron chi connectivity index (χ2n) is 6.72. The smallest absolute Gasteiger partial charge is 0.353 e. The van der Waals surface area contributed by atoms with Crippen LogP contribution in [0.3, 0.4) is 0 Å². The van der Waals surface area contributed by atoms with Crippen molar-refractivity contribution in [2.45, 2.75) is 6.18 Å². The van der Waals surface area contributed by atoms with Gasteiger partial charge in [-0.3, -0.25) is 4.98 Å². The lowest BCUT2D eigenvalue weighted by atomic mass is 10.2. The SMILES string of the molecule is CN(C)CCNc1nc(Nc2ccc(Br)c(C(F)(F)F)c2)cc(-c2ccccn2)n1. The molecule has 0 fully saturated rings. The van der Waals surface area contributed by atoms with Gasteiger partial charge in [-0.25, -0.2) is 4.98 Å². The number of nitrogens with one attached hydrogen (secondary N) is 2. The number of halogens is 4. The van der Waals surface area contributed by atoms with E-state index in [1.807, 2.05) is 25.1 Å². The first-order chi connectivity index (χ1) is 14.2. The van der Waals surface area contributed by atoms with Gasteiger partial charge in [0.15, 0.2) is 0 Å². The van der Waals surface area contributed by atoms with Crippen molar-refractivity contribution in [1.82, 2.24) is 19.9 Å². The normalized spacial score (nSPS) is 11.6. The maximum Gasteiger partial charge on any atom is 0.417 e. The number of hydrogen-bond acceptors (Lipinski definition) is 6. The second kappa shape index (κ2) is 9.40. The van der Waals surface area contributed by atoms with Crippen LogP contribution < -0.4 is 10.6 Å². The van der Waals surface area contributed by atoms with E-state index in [1.54, 1.807) is 30.5 Å². The third-order valence-electron chi connectivity index (χ3n) is 4.04. The summed E-state index contributed by atoms with van der Waals surface area (Å²) < 4.78 is 39.6. The summed E-state index contributed by atoms with van der Waals surface area (Å²) in [6.07, 6.45) is -2.83. The van der Waals surface area contributed by atoms with Gasteiger partial charge < -0.3 is 15.5 Å². The molecule has 0 aliphatic heterocycles. The van der Waals surface area contributed by atoms with Crippen LogP contribution in [0.1, 0.15) is 5.56 Å². The molecule has 0 aliphatic rings. The molecule has 0 atom stereocenters. The molecule has 3 rings (SSSR count). The van der Waals surface area contributed by atoms with Crippen molar-refractivity contribution >= 4 is 33.4 Å². The number of benzene rings is 1. The third kappa shape index (κ3) is 5.90. The number of aromatic nitrogens is 3. The van der Waals surface area contributed by atoms with Gasteiger partial charge in [0.05, 0.1) is 17.0 Å². The van der Waals surface area contributed by atoms with Gasteiger partial charge in [-0.15, -0.1) is 0 Å². The third-order valence-corrected chi connectivity index (χ3v) is 4.73. The molecule has 10 heteroatoms. The number of alkyl halides is 3. The molecule has 0 bridgehead atoms. The van der Waals surface area contributed by atoms with Crippen LogP contribution in [0.15, 0.2) is 53.1 Å². The topological polar surface area (TPSA) is 66.0 Å². The molecule has 0 radical (unpaired) electrons. The first-order valence-corrected chi connectivity index (χ1v) is 9.84. The Morgan fingerprint density at radius 1 is 1.03 bits per heavy atom. The summed E-state index contributed by atoms with van der Waals surface area (Å²) >= 11 is 2.95. The number of hydrogen-bond donors (Lipinski definition) is 2. The largest absolute Gasteiger partial charge is 0.417 e. The van der Waals surface area contributed by atoms with Gasteiger partial charge in [0.2, 0.25) is 5.95 Å². The van der Waals surface area contributed by atoms with Crippen molar-refractivity contribution in [3.05, 3.63) is 58.7 Å². The lowest BCUT2D eigenvalue weighted by molar-refractivity contribution is -0.138. The minimum atomic E-state index is -4.47. The summed E-state index contributed by atoms with van der Waals surface area (Å²) in [4.78, 5) is 15.2. The lowest BCUT2D eigenvalue weighted by Gasteiger charge is -2.14. The van der Waals surface area contributed by atoms with Gasteiger partial charge in [-0.1, -0.05) is 22.0 Å². The van der Waals surface area contributed by atoms with Crippen molar-refractivity contribution in [2.24, 2.45) is 0 Å². The summed E-state index contributed by atoms with van der Waals surface area (Å²) in [5.74, 6) is 0.712. The van der Waals surface area contributed by atoms with Gasteiger partial charge in [0, 0.05) is 35.5 Å². The molecule has 3 aromatic rings. The Morgan fingerprint density at radius 3 is 2.50 bits per heavy atom. The Bertz CT molecular complexity index is 996. The van der Waals surface area contributed by atoms with Crippen LogP contribution in [0.2, 0.25) is 0 Å². The summed E-state index contributed by atoms with van der Waals surface area (Å²) in [7, 11) is 3.90. The zero-order valence-electron chi connectivity index (χ0n) is 16.3. The minimum absolute atomic E-state index is 0.0246.